The molecule has 0 aliphatic rings. The molecule has 2 rings (SSSR count). The second-order valence-corrected chi connectivity index (χ2v) is 5.98. The third-order valence-corrected chi connectivity index (χ3v) is 4.33. The summed E-state index contributed by atoms with van der Waals surface area (Å²) in [5.41, 5.74) is 5.57. The minimum Gasteiger partial charge on any atom is -0.469 e. The van der Waals surface area contributed by atoms with Gasteiger partial charge in [0.15, 0.2) is 10.8 Å². The predicted molar refractivity (Wildman–Crippen MR) is 69.8 cm³/mol. The van der Waals surface area contributed by atoms with E-state index in [1.54, 1.807) is 32.4 Å². The Bertz CT molecular complexity index is 626. The maximum absolute atomic E-state index is 12.2. The molecule has 7 nitrogen and oxygen atoms in total. The first kappa shape index (κ1) is 13.6. The molecule has 8 heteroatoms. The van der Waals surface area contributed by atoms with Gasteiger partial charge in [0.05, 0.1) is 12.6 Å². The number of hydrogen-bond acceptors (Lipinski definition) is 5. The lowest BCUT2D eigenvalue weighted by atomic mass is 10.2. The van der Waals surface area contributed by atoms with E-state index in [1.165, 1.54) is 10.9 Å². The van der Waals surface area contributed by atoms with Crippen LogP contribution in [0.4, 0.5) is 5.82 Å². The summed E-state index contributed by atoms with van der Waals surface area (Å²) >= 11 is 0. The molecule has 1 unspecified atom stereocenters. The van der Waals surface area contributed by atoms with Crippen LogP contribution >= 0.6 is 0 Å². The van der Waals surface area contributed by atoms with Gasteiger partial charge in [-0.3, -0.25) is 0 Å². The van der Waals surface area contributed by atoms with Crippen molar-refractivity contribution in [3.63, 3.8) is 0 Å². The number of imidazole rings is 1. The van der Waals surface area contributed by atoms with Gasteiger partial charge in [-0.2, -0.15) is 0 Å². The van der Waals surface area contributed by atoms with Crippen LogP contribution in [0.15, 0.2) is 34.2 Å². The SMILES string of the molecule is CC(Cc1ccco1)NS(=O)(=O)c1c(N)ncn1C. The molecule has 19 heavy (non-hydrogen) atoms. The second kappa shape index (κ2) is 5.06. The number of nitrogens with two attached hydrogens (primary N) is 1. The van der Waals surface area contributed by atoms with E-state index < -0.39 is 10.0 Å². The topological polar surface area (TPSA) is 103 Å². The van der Waals surface area contributed by atoms with Crippen LogP contribution in [0.3, 0.4) is 0 Å². The molecule has 0 amide bonds. The summed E-state index contributed by atoms with van der Waals surface area (Å²) in [5, 5.41) is -0.0289. The maximum atomic E-state index is 12.2. The van der Waals surface area contributed by atoms with Crippen LogP contribution in [0.25, 0.3) is 0 Å². The van der Waals surface area contributed by atoms with E-state index in [0.717, 1.165) is 0 Å². The Morgan fingerprint density at radius 1 is 1.58 bits per heavy atom. The fourth-order valence-corrected chi connectivity index (χ4v) is 3.34. The summed E-state index contributed by atoms with van der Waals surface area (Å²) in [6, 6.07) is 3.24. The Morgan fingerprint density at radius 2 is 2.32 bits per heavy atom. The summed E-state index contributed by atoms with van der Waals surface area (Å²) in [4.78, 5) is 3.77. The molecule has 3 N–H and O–H groups in total. The summed E-state index contributed by atoms with van der Waals surface area (Å²) in [6.45, 7) is 1.76. The average molecular weight is 284 g/mol. The van der Waals surface area contributed by atoms with Gasteiger partial charge in [-0.25, -0.2) is 18.1 Å². The van der Waals surface area contributed by atoms with Crippen LogP contribution < -0.4 is 10.5 Å². The summed E-state index contributed by atoms with van der Waals surface area (Å²) in [5.74, 6) is 0.702. The monoisotopic (exact) mass is 284 g/mol. The van der Waals surface area contributed by atoms with Gasteiger partial charge in [0, 0.05) is 19.5 Å². The summed E-state index contributed by atoms with van der Waals surface area (Å²) in [7, 11) is -2.12. The minimum absolute atomic E-state index is 0.0137. The molecule has 0 aliphatic heterocycles. The van der Waals surface area contributed by atoms with Crippen LogP contribution in [0.5, 0.6) is 0 Å². The maximum Gasteiger partial charge on any atom is 0.260 e. The van der Waals surface area contributed by atoms with Gasteiger partial charge in [-0.1, -0.05) is 0 Å². The molecule has 0 aromatic carbocycles. The van der Waals surface area contributed by atoms with Crippen molar-refractivity contribution >= 4 is 15.8 Å². The molecule has 104 valence electrons. The van der Waals surface area contributed by atoms with Gasteiger partial charge in [0.2, 0.25) is 0 Å². The lowest BCUT2D eigenvalue weighted by molar-refractivity contribution is 0.478. The van der Waals surface area contributed by atoms with Crippen molar-refractivity contribution in [3.8, 4) is 0 Å². The zero-order valence-corrected chi connectivity index (χ0v) is 11.5. The largest absolute Gasteiger partial charge is 0.469 e. The van der Waals surface area contributed by atoms with E-state index in [0.29, 0.717) is 12.2 Å². The molecule has 0 radical (unpaired) electrons. The Kier molecular flexibility index (Phi) is 3.63. The molecule has 0 bridgehead atoms. The van der Waals surface area contributed by atoms with E-state index in [-0.39, 0.29) is 16.9 Å². The number of nitrogens with zero attached hydrogens (tertiary/aromatic N) is 2. The standard InChI is InChI=1S/C11H16N4O3S/c1-8(6-9-4-3-5-18-9)14-19(16,17)11-10(12)13-7-15(11)2/h3-5,7-8,14H,6,12H2,1-2H3. The zero-order chi connectivity index (χ0) is 14.0. The number of aryl methyl sites for hydroxylation is 1. The smallest absolute Gasteiger partial charge is 0.260 e. The van der Waals surface area contributed by atoms with Gasteiger partial charge in [-0.15, -0.1) is 0 Å². The molecule has 0 spiro atoms. The van der Waals surface area contributed by atoms with Crippen molar-refractivity contribution in [1.29, 1.82) is 0 Å². The third-order valence-electron chi connectivity index (χ3n) is 2.61. The highest BCUT2D eigenvalue weighted by molar-refractivity contribution is 7.89. The Hall–Kier alpha value is -1.80. The number of nitrogen functional groups attached to an aromatic ring is 1. The Morgan fingerprint density at radius 3 is 2.84 bits per heavy atom. The van der Waals surface area contributed by atoms with Crippen LogP contribution in [-0.4, -0.2) is 24.0 Å². The molecule has 2 heterocycles. The van der Waals surface area contributed by atoms with Gasteiger partial charge < -0.3 is 14.7 Å². The highest BCUT2D eigenvalue weighted by Gasteiger charge is 2.24. The molecule has 0 aliphatic carbocycles. The molecule has 1 atom stereocenters. The number of furan rings is 1. The summed E-state index contributed by atoms with van der Waals surface area (Å²) in [6.07, 6.45) is 3.38. The van der Waals surface area contributed by atoms with E-state index in [9.17, 15) is 8.42 Å². The third kappa shape index (κ3) is 2.96. The molecule has 2 aromatic heterocycles. The first-order valence-corrected chi connectivity index (χ1v) is 7.20. The van der Waals surface area contributed by atoms with Crippen molar-refractivity contribution in [3.05, 3.63) is 30.5 Å². The first-order valence-electron chi connectivity index (χ1n) is 5.71. The quantitative estimate of drug-likeness (QED) is 0.832. The van der Waals surface area contributed by atoms with E-state index in [4.69, 9.17) is 10.2 Å². The number of anilines is 1. The average Bonchev–Trinajstić information content (AvgIpc) is 2.88. The number of aromatic nitrogens is 2. The molecule has 0 saturated heterocycles. The predicted octanol–water partition coefficient (Wildman–Crippen LogP) is 0.505. The van der Waals surface area contributed by atoms with E-state index >= 15 is 0 Å². The zero-order valence-electron chi connectivity index (χ0n) is 10.7. The molecular weight excluding hydrogens is 268 g/mol. The van der Waals surface area contributed by atoms with Crippen molar-refractivity contribution in [1.82, 2.24) is 14.3 Å². The number of nitrogens with one attached hydrogen (secondary N) is 1. The molecular formula is C11H16N4O3S. The van der Waals surface area contributed by atoms with Crippen molar-refractivity contribution in [2.75, 3.05) is 5.73 Å². The van der Waals surface area contributed by atoms with Crippen molar-refractivity contribution < 1.29 is 12.8 Å². The second-order valence-electron chi connectivity index (χ2n) is 4.35. The lowest BCUT2D eigenvalue weighted by Gasteiger charge is -2.13. The van der Waals surface area contributed by atoms with E-state index in [2.05, 4.69) is 9.71 Å². The number of rotatable bonds is 5. The Balaban J connectivity index is 2.13. The summed E-state index contributed by atoms with van der Waals surface area (Å²) < 4.78 is 33.5. The van der Waals surface area contributed by atoms with E-state index in [1.807, 2.05) is 0 Å². The van der Waals surface area contributed by atoms with Crippen LogP contribution in [-0.2, 0) is 23.5 Å². The van der Waals surface area contributed by atoms with Gasteiger partial charge in [0.25, 0.3) is 10.0 Å². The molecule has 0 saturated carbocycles. The van der Waals surface area contributed by atoms with Crippen LogP contribution in [0.2, 0.25) is 0 Å². The Labute approximate surface area is 111 Å². The van der Waals surface area contributed by atoms with Crippen molar-refractivity contribution in [2.24, 2.45) is 7.05 Å². The molecule has 0 fully saturated rings. The van der Waals surface area contributed by atoms with Crippen LogP contribution in [0, 0.1) is 0 Å². The van der Waals surface area contributed by atoms with Crippen LogP contribution in [0.1, 0.15) is 12.7 Å². The highest BCUT2D eigenvalue weighted by Crippen LogP contribution is 2.16. The fourth-order valence-electron chi connectivity index (χ4n) is 1.86. The highest BCUT2D eigenvalue weighted by atomic mass is 32.2. The van der Waals surface area contributed by atoms with Crippen molar-refractivity contribution in [2.45, 2.75) is 24.4 Å². The minimum atomic E-state index is -3.70. The van der Waals surface area contributed by atoms with Gasteiger partial charge in [-0.05, 0) is 19.1 Å². The lowest BCUT2D eigenvalue weighted by Crippen LogP contribution is -2.35. The van der Waals surface area contributed by atoms with Gasteiger partial charge in [0.1, 0.15) is 5.76 Å². The molecule has 2 aromatic rings. The fraction of sp³-hybridized carbons (Fsp3) is 0.364. The first-order chi connectivity index (χ1) is 8.90. The normalized spacial score (nSPS) is 13.6. The number of sulfonamides is 1. The van der Waals surface area contributed by atoms with Gasteiger partial charge >= 0.3 is 0 Å². The number of hydrogen-bond donors (Lipinski definition) is 2.